The number of hydrogen-bond acceptors (Lipinski definition) is 5. The second-order valence-electron chi connectivity index (χ2n) is 7.26. The Morgan fingerprint density at radius 3 is 2.73 bits per heavy atom. The molecule has 1 aliphatic heterocycles. The predicted molar refractivity (Wildman–Crippen MR) is 113 cm³/mol. The summed E-state index contributed by atoms with van der Waals surface area (Å²) in [6, 6.07) is 9.60. The minimum Gasteiger partial charge on any atom is -0.376 e. The fraction of sp³-hybridized carbons (Fsp3) is 0.381. The lowest BCUT2D eigenvalue weighted by Crippen LogP contribution is -2.46. The van der Waals surface area contributed by atoms with Gasteiger partial charge in [-0.1, -0.05) is 29.8 Å². The van der Waals surface area contributed by atoms with Gasteiger partial charge in [0.15, 0.2) is 5.78 Å². The van der Waals surface area contributed by atoms with Crippen LogP contribution in [0, 0.1) is 5.82 Å². The molecule has 0 bridgehead atoms. The van der Waals surface area contributed by atoms with Crippen molar-refractivity contribution in [2.24, 2.45) is 0 Å². The second-order valence-corrected chi connectivity index (χ2v) is 9.44. The van der Waals surface area contributed by atoms with Crippen molar-refractivity contribution in [2.75, 3.05) is 26.2 Å². The summed E-state index contributed by atoms with van der Waals surface area (Å²) in [6.45, 7) is 4.67. The summed E-state index contributed by atoms with van der Waals surface area (Å²) < 4.78 is 48.5. The van der Waals surface area contributed by atoms with E-state index in [-0.39, 0.29) is 33.9 Å². The van der Waals surface area contributed by atoms with Crippen LogP contribution in [0.3, 0.4) is 0 Å². The molecule has 1 fully saturated rings. The highest BCUT2D eigenvalue weighted by atomic mass is 35.5. The SMILES string of the molecule is CC(=O)c1cccc(S(=O)(=O)NCC(c2c(F)cccc2Cl)N2CCOC(C)C2)c1. The van der Waals surface area contributed by atoms with Crippen LogP contribution in [-0.2, 0) is 14.8 Å². The van der Waals surface area contributed by atoms with E-state index in [4.69, 9.17) is 16.3 Å². The molecule has 0 amide bonds. The van der Waals surface area contributed by atoms with E-state index in [2.05, 4.69) is 4.72 Å². The number of benzene rings is 2. The Kier molecular flexibility index (Phi) is 7.26. The van der Waals surface area contributed by atoms with Gasteiger partial charge in [-0.2, -0.15) is 0 Å². The topological polar surface area (TPSA) is 75.7 Å². The Labute approximate surface area is 181 Å². The highest BCUT2D eigenvalue weighted by Gasteiger charge is 2.30. The summed E-state index contributed by atoms with van der Waals surface area (Å²) >= 11 is 6.29. The molecular formula is C21H24ClFN2O4S. The molecule has 2 aromatic rings. The number of ether oxygens (including phenoxy) is 1. The summed E-state index contributed by atoms with van der Waals surface area (Å²) in [6.07, 6.45) is -0.0735. The monoisotopic (exact) mass is 454 g/mol. The molecule has 162 valence electrons. The molecule has 0 saturated carbocycles. The first-order chi connectivity index (χ1) is 14.2. The van der Waals surface area contributed by atoms with Crippen molar-refractivity contribution >= 4 is 27.4 Å². The third kappa shape index (κ3) is 5.25. The first-order valence-corrected chi connectivity index (χ1v) is 11.5. The van der Waals surface area contributed by atoms with E-state index in [1.165, 1.54) is 37.3 Å². The Morgan fingerprint density at radius 1 is 1.33 bits per heavy atom. The number of nitrogens with zero attached hydrogens (tertiary/aromatic N) is 1. The Morgan fingerprint density at radius 2 is 2.07 bits per heavy atom. The lowest BCUT2D eigenvalue weighted by molar-refractivity contribution is -0.0342. The van der Waals surface area contributed by atoms with Crippen LogP contribution in [0.4, 0.5) is 4.39 Å². The van der Waals surface area contributed by atoms with Gasteiger partial charge < -0.3 is 4.74 Å². The molecular weight excluding hydrogens is 431 g/mol. The number of carbonyl (C=O) groups excluding carboxylic acids is 1. The maximum Gasteiger partial charge on any atom is 0.240 e. The fourth-order valence-electron chi connectivity index (χ4n) is 3.53. The Bertz CT molecular complexity index is 1010. The summed E-state index contributed by atoms with van der Waals surface area (Å²) in [7, 11) is -3.92. The first-order valence-electron chi connectivity index (χ1n) is 9.59. The van der Waals surface area contributed by atoms with Crippen LogP contribution < -0.4 is 4.72 Å². The van der Waals surface area contributed by atoms with Gasteiger partial charge in [-0.25, -0.2) is 17.5 Å². The van der Waals surface area contributed by atoms with Gasteiger partial charge in [0.25, 0.3) is 0 Å². The van der Waals surface area contributed by atoms with Gasteiger partial charge in [0, 0.05) is 35.8 Å². The number of ketones is 1. The molecule has 2 aromatic carbocycles. The number of rotatable bonds is 7. The number of sulfonamides is 1. The van der Waals surface area contributed by atoms with Crippen molar-refractivity contribution in [1.82, 2.24) is 9.62 Å². The van der Waals surface area contributed by atoms with Crippen molar-refractivity contribution in [3.63, 3.8) is 0 Å². The van der Waals surface area contributed by atoms with Crippen LogP contribution in [0.25, 0.3) is 0 Å². The number of morpholine rings is 1. The van der Waals surface area contributed by atoms with E-state index < -0.39 is 21.9 Å². The first kappa shape index (κ1) is 22.8. The number of halogens is 2. The zero-order valence-electron chi connectivity index (χ0n) is 16.8. The smallest absolute Gasteiger partial charge is 0.240 e. The van der Waals surface area contributed by atoms with Crippen molar-refractivity contribution in [3.05, 3.63) is 64.4 Å². The van der Waals surface area contributed by atoms with Gasteiger partial charge >= 0.3 is 0 Å². The molecule has 2 atom stereocenters. The molecule has 0 aliphatic carbocycles. The van der Waals surface area contributed by atoms with Crippen LogP contribution in [0.5, 0.6) is 0 Å². The lowest BCUT2D eigenvalue weighted by atomic mass is 10.0. The Hall–Kier alpha value is -1.84. The normalized spacial score (nSPS) is 18.9. The molecule has 0 aromatic heterocycles. The highest BCUT2D eigenvalue weighted by molar-refractivity contribution is 7.89. The minimum atomic E-state index is -3.92. The molecule has 1 aliphatic rings. The van der Waals surface area contributed by atoms with Crippen LogP contribution in [0.2, 0.25) is 5.02 Å². The van der Waals surface area contributed by atoms with Crippen LogP contribution in [-0.4, -0.2) is 51.4 Å². The maximum absolute atomic E-state index is 14.7. The zero-order chi connectivity index (χ0) is 21.9. The molecule has 6 nitrogen and oxygen atoms in total. The summed E-state index contributed by atoms with van der Waals surface area (Å²) in [5.74, 6) is -0.727. The lowest BCUT2D eigenvalue weighted by Gasteiger charge is -2.38. The highest BCUT2D eigenvalue weighted by Crippen LogP contribution is 2.31. The third-order valence-electron chi connectivity index (χ3n) is 5.06. The molecule has 2 unspecified atom stereocenters. The van der Waals surface area contributed by atoms with Crippen molar-refractivity contribution in [3.8, 4) is 0 Å². The zero-order valence-corrected chi connectivity index (χ0v) is 18.3. The number of carbonyl (C=O) groups is 1. The van der Waals surface area contributed by atoms with E-state index in [0.29, 0.717) is 25.3 Å². The van der Waals surface area contributed by atoms with E-state index in [9.17, 15) is 17.6 Å². The number of hydrogen-bond donors (Lipinski definition) is 1. The predicted octanol–water partition coefficient (Wildman–Crippen LogP) is 3.42. The molecule has 9 heteroatoms. The quantitative estimate of drug-likeness (QED) is 0.649. The van der Waals surface area contributed by atoms with Gasteiger partial charge in [-0.3, -0.25) is 9.69 Å². The van der Waals surface area contributed by atoms with Gasteiger partial charge in [0.2, 0.25) is 10.0 Å². The van der Waals surface area contributed by atoms with Crippen molar-refractivity contribution in [1.29, 1.82) is 0 Å². The van der Waals surface area contributed by atoms with Crippen LogP contribution in [0.1, 0.15) is 35.8 Å². The van der Waals surface area contributed by atoms with E-state index >= 15 is 0 Å². The number of Topliss-reactive ketones (excluding diaryl/α,β-unsaturated/α-hetero) is 1. The van der Waals surface area contributed by atoms with Crippen LogP contribution >= 0.6 is 11.6 Å². The third-order valence-corrected chi connectivity index (χ3v) is 6.81. The van der Waals surface area contributed by atoms with Gasteiger partial charge in [0.05, 0.1) is 23.6 Å². The Balaban J connectivity index is 1.90. The second kappa shape index (κ2) is 9.53. The molecule has 3 rings (SSSR count). The number of nitrogens with one attached hydrogen (secondary N) is 1. The van der Waals surface area contributed by atoms with Crippen LogP contribution in [0.15, 0.2) is 47.4 Å². The largest absolute Gasteiger partial charge is 0.376 e. The fourth-order valence-corrected chi connectivity index (χ4v) is 4.90. The average molecular weight is 455 g/mol. The average Bonchev–Trinajstić information content (AvgIpc) is 2.70. The molecule has 30 heavy (non-hydrogen) atoms. The summed E-state index contributed by atoms with van der Waals surface area (Å²) in [4.78, 5) is 13.5. The van der Waals surface area contributed by atoms with Crippen molar-refractivity contribution in [2.45, 2.75) is 30.9 Å². The molecule has 1 saturated heterocycles. The molecule has 1 heterocycles. The summed E-state index contributed by atoms with van der Waals surface area (Å²) in [5.41, 5.74) is 0.544. The van der Waals surface area contributed by atoms with E-state index in [0.717, 1.165) is 0 Å². The molecule has 0 spiro atoms. The van der Waals surface area contributed by atoms with E-state index in [1.807, 2.05) is 11.8 Å². The van der Waals surface area contributed by atoms with Gasteiger partial charge in [0.1, 0.15) is 5.82 Å². The maximum atomic E-state index is 14.7. The van der Waals surface area contributed by atoms with Gasteiger partial charge in [-0.15, -0.1) is 0 Å². The summed E-state index contributed by atoms with van der Waals surface area (Å²) in [5, 5.41) is 0.233. The van der Waals surface area contributed by atoms with Gasteiger partial charge in [-0.05, 0) is 38.1 Å². The minimum absolute atomic E-state index is 0.0241. The molecule has 0 radical (unpaired) electrons. The standard InChI is InChI=1S/C21H24ClFN2O4S/c1-14-13-25(9-10-29-14)20(21-18(22)7-4-8-19(21)23)12-24-30(27,28)17-6-3-5-16(11-17)15(2)26/h3-8,11,14,20,24H,9-10,12-13H2,1-2H3. The molecule has 1 N–H and O–H groups in total. The van der Waals surface area contributed by atoms with Crippen molar-refractivity contribution < 1.29 is 22.3 Å². The van der Waals surface area contributed by atoms with E-state index in [1.54, 1.807) is 12.1 Å².